The molecular formula is C33H53NO3. The van der Waals surface area contributed by atoms with E-state index in [9.17, 15) is 4.79 Å². The van der Waals surface area contributed by atoms with Crippen molar-refractivity contribution in [3.05, 3.63) is 28.8 Å². The highest BCUT2D eigenvalue weighted by Gasteiger charge is 2.39. The second-order valence-corrected chi connectivity index (χ2v) is 12.0. The van der Waals surface area contributed by atoms with E-state index >= 15 is 0 Å². The van der Waals surface area contributed by atoms with Crippen molar-refractivity contribution >= 4 is 11.5 Å². The third-order valence-corrected chi connectivity index (χ3v) is 8.57. The Bertz CT molecular complexity index is 928. The maximum absolute atomic E-state index is 13.1. The molecule has 0 aromatic heterocycles. The molecule has 0 unspecified atom stereocenters. The average Bonchev–Trinajstić information content (AvgIpc) is 2.85. The topological polar surface area (TPSA) is 38.8 Å². The lowest BCUT2D eigenvalue weighted by molar-refractivity contribution is -0.134. The molecule has 0 spiro atoms. The molecule has 4 heteroatoms. The Hall–Kier alpha value is -1.81. The highest BCUT2D eigenvalue weighted by molar-refractivity contribution is 5.84. The molecule has 2 aliphatic rings. The minimum atomic E-state index is -0.324. The van der Waals surface area contributed by atoms with Gasteiger partial charge in [-0.2, -0.15) is 0 Å². The maximum Gasteiger partial charge on any atom is 0.311 e. The van der Waals surface area contributed by atoms with Gasteiger partial charge >= 0.3 is 5.97 Å². The number of esters is 1. The molecule has 3 rings (SSSR count). The molecule has 1 aliphatic carbocycles. The van der Waals surface area contributed by atoms with Gasteiger partial charge in [-0.1, -0.05) is 66.7 Å². The third kappa shape index (κ3) is 7.85. The van der Waals surface area contributed by atoms with Crippen LogP contribution in [0.4, 0.5) is 0 Å². The van der Waals surface area contributed by atoms with Gasteiger partial charge in [0.05, 0.1) is 5.56 Å². The van der Waals surface area contributed by atoms with Crippen LogP contribution in [0.15, 0.2) is 17.7 Å². The number of rotatable bonds is 14. The quantitative estimate of drug-likeness (QED) is 0.142. The molecule has 0 amide bonds. The Kier molecular flexibility index (Phi) is 11.1. The van der Waals surface area contributed by atoms with Gasteiger partial charge in [-0.3, -0.25) is 4.79 Å². The normalized spacial score (nSPS) is 19.3. The van der Waals surface area contributed by atoms with Crippen LogP contribution in [0.2, 0.25) is 0 Å². The summed E-state index contributed by atoms with van der Waals surface area (Å²) < 4.78 is 12.9. The summed E-state index contributed by atoms with van der Waals surface area (Å²) in [5, 5.41) is 0. The van der Waals surface area contributed by atoms with E-state index in [4.69, 9.17) is 9.47 Å². The average molecular weight is 512 g/mol. The number of benzene rings is 1. The zero-order chi connectivity index (χ0) is 27.0. The standard InChI is InChI=1S/C33H53NO3/c1-8-11-12-13-14-16-25(5)26-22-29(36-31(35)17-15-20-34(9-2)10-3)32-27-21-24(4)18-19-28(27)33(6,7)37-30(32)23-26/h22-25H,8-21H2,1-7H3/t24-,25-/m0/s1. The molecule has 1 aromatic carbocycles. The zero-order valence-electron chi connectivity index (χ0n) is 24.9. The molecular weight excluding hydrogens is 458 g/mol. The number of nitrogens with zero attached hydrogens (tertiary/aromatic N) is 1. The van der Waals surface area contributed by atoms with E-state index in [0.29, 0.717) is 18.3 Å². The number of ether oxygens (including phenoxy) is 2. The first-order valence-electron chi connectivity index (χ1n) is 15.2. The molecule has 1 aromatic rings. The second-order valence-electron chi connectivity index (χ2n) is 12.0. The van der Waals surface area contributed by atoms with Gasteiger partial charge in [0.15, 0.2) is 0 Å². The largest absolute Gasteiger partial charge is 0.483 e. The van der Waals surface area contributed by atoms with Gasteiger partial charge in [0.2, 0.25) is 0 Å². The fourth-order valence-corrected chi connectivity index (χ4v) is 6.10. The monoisotopic (exact) mass is 511 g/mol. The van der Waals surface area contributed by atoms with Crippen LogP contribution in [0.5, 0.6) is 11.5 Å². The van der Waals surface area contributed by atoms with E-state index < -0.39 is 0 Å². The van der Waals surface area contributed by atoms with Crippen molar-refractivity contribution in [2.24, 2.45) is 5.92 Å². The Morgan fingerprint density at radius 1 is 1.11 bits per heavy atom. The first kappa shape index (κ1) is 29.7. The summed E-state index contributed by atoms with van der Waals surface area (Å²) >= 11 is 0. The van der Waals surface area contributed by atoms with Gasteiger partial charge in [0.25, 0.3) is 0 Å². The molecule has 208 valence electrons. The number of hydrogen-bond donors (Lipinski definition) is 0. The number of fused-ring (bicyclic) bond motifs is 2. The lowest BCUT2D eigenvalue weighted by Crippen LogP contribution is -2.37. The van der Waals surface area contributed by atoms with Gasteiger partial charge in [-0.25, -0.2) is 0 Å². The van der Waals surface area contributed by atoms with E-state index in [1.54, 1.807) is 0 Å². The second kappa shape index (κ2) is 13.8. The van der Waals surface area contributed by atoms with E-state index in [0.717, 1.165) is 62.4 Å². The lowest BCUT2D eigenvalue weighted by atomic mass is 9.74. The summed E-state index contributed by atoms with van der Waals surface area (Å²) in [6, 6.07) is 4.40. The van der Waals surface area contributed by atoms with E-state index in [2.05, 4.69) is 65.5 Å². The van der Waals surface area contributed by atoms with Gasteiger partial charge in [-0.05, 0) is 106 Å². The van der Waals surface area contributed by atoms with Crippen molar-refractivity contribution in [1.82, 2.24) is 4.90 Å². The SMILES string of the molecule is CCCCCCC[C@H](C)c1cc(OC(=O)CCCN(CC)CC)c2c(c1)OC(C)(C)C1=C2C[C@@H](C)CC1. The number of unbranched alkanes of at least 4 members (excludes halogenated alkanes) is 4. The van der Waals surface area contributed by atoms with Crippen LogP contribution in [-0.4, -0.2) is 36.1 Å². The smallest absolute Gasteiger partial charge is 0.311 e. The zero-order valence-corrected chi connectivity index (χ0v) is 24.9. The van der Waals surface area contributed by atoms with Gasteiger partial charge in [0, 0.05) is 6.42 Å². The molecule has 0 N–H and O–H groups in total. The van der Waals surface area contributed by atoms with Crippen LogP contribution >= 0.6 is 0 Å². The van der Waals surface area contributed by atoms with Crippen molar-refractivity contribution in [2.45, 2.75) is 131 Å². The van der Waals surface area contributed by atoms with Crippen molar-refractivity contribution in [1.29, 1.82) is 0 Å². The number of allylic oxidation sites excluding steroid dienone is 1. The number of carbonyl (C=O) groups excluding carboxylic acids is 1. The van der Waals surface area contributed by atoms with Crippen LogP contribution in [0.25, 0.3) is 5.57 Å². The summed E-state index contributed by atoms with van der Waals surface area (Å²) in [5.74, 6) is 2.52. The molecule has 4 nitrogen and oxygen atoms in total. The van der Waals surface area contributed by atoms with Gasteiger partial charge in [-0.15, -0.1) is 0 Å². The summed E-state index contributed by atoms with van der Waals surface area (Å²) in [6.07, 6.45) is 12.1. The first-order valence-corrected chi connectivity index (χ1v) is 15.2. The Balaban J connectivity index is 1.88. The highest BCUT2D eigenvalue weighted by Crippen LogP contribution is 2.52. The summed E-state index contributed by atoms with van der Waals surface area (Å²) in [5.41, 5.74) is 4.68. The highest BCUT2D eigenvalue weighted by atomic mass is 16.5. The molecule has 0 bridgehead atoms. The van der Waals surface area contributed by atoms with Crippen molar-refractivity contribution < 1.29 is 14.3 Å². The molecule has 1 aliphatic heterocycles. The summed E-state index contributed by atoms with van der Waals surface area (Å²) in [4.78, 5) is 15.4. The minimum absolute atomic E-state index is 0.130. The van der Waals surface area contributed by atoms with Crippen LogP contribution in [-0.2, 0) is 4.79 Å². The van der Waals surface area contributed by atoms with Gasteiger partial charge in [0.1, 0.15) is 17.1 Å². The minimum Gasteiger partial charge on any atom is -0.483 e. The Morgan fingerprint density at radius 2 is 1.84 bits per heavy atom. The lowest BCUT2D eigenvalue weighted by Gasteiger charge is -2.41. The van der Waals surface area contributed by atoms with E-state index in [1.165, 1.54) is 55.2 Å². The summed E-state index contributed by atoms with van der Waals surface area (Å²) in [7, 11) is 0. The fourth-order valence-electron chi connectivity index (χ4n) is 6.10. The fraction of sp³-hybridized carbons (Fsp3) is 0.727. The molecule has 37 heavy (non-hydrogen) atoms. The van der Waals surface area contributed by atoms with Crippen LogP contribution in [0.1, 0.15) is 136 Å². The first-order chi connectivity index (χ1) is 17.7. The predicted molar refractivity (Wildman–Crippen MR) is 156 cm³/mol. The van der Waals surface area contributed by atoms with Crippen molar-refractivity contribution in [3.63, 3.8) is 0 Å². The Morgan fingerprint density at radius 3 is 2.54 bits per heavy atom. The van der Waals surface area contributed by atoms with Crippen LogP contribution < -0.4 is 9.47 Å². The molecule has 2 atom stereocenters. The molecule has 0 radical (unpaired) electrons. The molecule has 0 fully saturated rings. The van der Waals surface area contributed by atoms with E-state index in [-0.39, 0.29) is 11.6 Å². The molecule has 0 saturated carbocycles. The van der Waals surface area contributed by atoms with Crippen LogP contribution in [0.3, 0.4) is 0 Å². The van der Waals surface area contributed by atoms with Crippen LogP contribution in [0, 0.1) is 5.92 Å². The van der Waals surface area contributed by atoms with Crippen molar-refractivity contribution in [2.75, 3.05) is 19.6 Å². The Labute approximate surface area is 227 Å². The maximum atomic E-state index is 13.1. The summed E-state index contributed by atoms with van der Waals surface area (Å²) in [6.45, 7) is 18.6. The number of hydrogen-bond acceptors (Lipinski definition) is 4. The third-order valence-electron chi connectivity index (χ3n) is 8.57. The van der Waals surface area contributed by atoms with E-state index in [1.807, 2.05) is 0 Å². The molecule has 0 saturated heterocycles. The molecule has 1 heterocycles. The van der Waals surface area contributed by atoms with Crippen molar-refractivity contribution in [3.8, 4) is 11.5 Å². The number of carbonyl (C=O) groups is 1. The predicted octanol–water partition coefficient (Wildman–Crippen LogP) is 8.92. The van der Waals surface area contributed by atoms with Gasteiger partial charge < -0.3 is 14.4 Å².